The Labute approximate surface area is 95.1 Å². The Morgan fingerprint density at radius 1 is 1.56 bits per heavy atom. The highest BCUT2D eigenvalue weighted by atomic mass is 16.5. The molecule has 0 bridgehead atoms. The summed E-state index contributed by atoms with van der Waals surface area (Å²) in [5, 5.41) is 2.76. The van der Waals surface area contributed by atoms with E-state index in [0.717, 1.165) is 12.8 Å². The van der Waals surface area contributed by atoms with Crippen LogP contribution in [0.4, 0.5) is 4.79 Å². The van der Waals surface area contributed by atoms with Gasteiger partial charge >= 0.3 is 6.03 Å². The second-order valence-corrected chi connectivity index (χ2v) is 3.77. The first-order valence-electron chi connectivity index (χ1n) is 5.58. The molecule has 0 saturated carbocycles. The van der Waals surface area contributed by atoms with Gasteiger partial charge in [0.1, 0.15) is 6.04 Å². The van der Waals surface area contributed by atoms with Crippen molar-refractivity contribution in [1.29, 1.82) is 0 Å². The molecule has 1 unspecified atom stereocenters. The predicted molar refractivity (Wildman–Crippen MR) is 58.8 cm³/mol. The maximum atomic E-state index is 11.7. The number of hydrogen-bond donors (Lipinski definition) is 2. The third-order valence-corrected chi connectivity index (χ3v) is 2.52. The maximum Gasteiger partial charge on any atom is 0.318 e. The van der Waals surface area contributed by atoms with Gasteiger partial charge in [-0.1, -0.05) is 13.3 Å². The lowest BCUT2D eigenvalue weighted by Crippen LogP contribution is -2.57. The topological polar surface area (TPSA) is 84.7 Å². The van der Waals surface area contributed by atoms with E-state index in [-0.39, 0.29) is 12.6 Å². The van der Waals surface area contributed by atoms with Gasteiger partial charge in [0, 0.05) is 13.1 Å². The number of unbranched alkanes of at least 4 members (excludes halogenated alkanes) is 1. The number of rotatable bonds is 4. The van der Waals surface area contributed by atoms with Crippen molar-refractivity contribution in [1.82, 2.24) is 10.2 Å². The quantitative estimate of drug-likeness (QED) is 0.648. The van der Waals surface area contributed by atoms with E-state index in [1.165, 1.54) is 4.90 Å². The van der Waals surface area contributed by atoms with E-state index in [1.807, 2.05) is 6.92 Å². The molecule has 0 radical (unpaired) electrons. The highest BCUT2D eigenvalue weighted by Crippen LogP contribution is 2.06. The van der Waals surface area contributed by atoms with Crippen LogP contribution < -0.4 is 11.1 Å². The van der Waals surface area contributed by atoms with Crippen LogP contribution in [0.3, 0.4) is 0 Å². The Balaban J connectivity index is 2.47. The van der Waals surface area contributed by atoms with Gasteiger partial charge in [-0.3, -0.25) is 4.79 Å². The zero-order valence-corrected chi connectivity index (χ0v) is 9.57. The zero-order valence-electron chi connectivity index (χ0n) is 9.57. The van der Waals surface area contributed by atoms with Gasteiger partial charge < -0.3 is 20.7 Å². The number of primary amides is 1. The monoisotopic (exact) mass is 229 g/mol. The third kappa shape index (κ3) is 3.37. The molecule has 92 valence electrons. The van der Waals surface area contributed by atoms with Gasteiger partial charge in [0.25, 0.3) is 0 Å². The number of nitrogens with two attached hydrogens (primary N) is 1. The molecular weight excluding hydrogens is 210 g/mol. The van der Waals surface area contributed by atoms with Crippen LogP contribution in [-0.2, 0) is 9.53 Å². The molecule has 1 aliphatic heterocycles. The van der Waals surface area contributed by atoms with Crippen molar-refractivity contribution in [2.24, 2.45) is 5.73 Å². The summed E-state index contributed by atoms with van der Waals surface area (Å²) in [6.07, 6.45) is 1.94. The summed E-state index contributed by atoms with van der Waals surface area (Å²) in [4.78, 5) is 24.3. The van der Waals surface area contributed by atoms with E-state index in [9.17, 15) is 9.59 Å². The molecule has 16 heavy (non-hydrogen) atoms. The van der Waals surface area contributed by atoms with Crippen molar-refractivity contribution in [3.63, 3.8) is 0 Å². The average molecular weight is 229 g/mol. The van der Waals surface area contributed by atoms with E-state index >= 15 is 0 Å². The number of nitrogens with one attached hydrogen (secondary N) is 1. The number of hydrogen-bond acceptors (Lipinski definition) is 3. The Morgan fingerprint density at radius 3 is 2.94 bits per heavy atom. The van der Waals surface area contributed by atoms with Crippen LogP contribution in [-0.4, -0.2) is 49.2 Å². The van der Waals surface area contributed by atoms with E-state index in [1.54, 1.807) is 0 Å². The van der Waals surface area contributed by atoms with Crippen LogP contribution in [0, 0.1) is 0 Å². The summed E-state index contributed by atoms with van der Waals surface area (Å²) in [5.74, 6) is -0.523. The Hall–Kier alpha value is -1.30. The minimum Gasteiger partial charge on any atom is -0.377 e. The Morgan fingerprint density at radius 2 is 2.31 bits per heavy atom. The summed E-state index contributed by atoms with van der Waals surface area (Å²) in [5.41, 5.74) is 5.21. The van der Waals surface area contributed by atoms with Crippen molar-refractivity contribution in [2.45, 2.75) is 25.8 Å². The number of urea groups is 1. The molecule has 6 nitrogen and oxygen atoms in total. The lowest BCUT2D eigenvalue weighted by Gasteiger charge is -2.33. The minimum absolute atomic E-state index is 0.191. The highest BCUT2D eigenvalue weighted by Gasteiger charge is 2.30. The molecular formula is C10H19N3O3. The number of carbonyl (C=O) groups is 2. The number of carbonyl (C=O) groups excluding carboxylic acids is 2. The normalized spacial score (nSPS) is 20.6. The fraction of sp³-hybridized carbons (Fsp3) is 0.800. The molecule has 1 heterocycles. The van der Waals surface area contributed by atoms with Crippen LogP contribution >= 0.6 is 0 Å². The second kappa shape index (κ2) is 6.32. The standard InChI is InChI=1S/C10H19N3O3/c1-2-3-4-12-10(15)13-5-6-16-7-8(13)9(11)14/h8H,2-7H2,1H3,(H2,11,14)(H,12,15). The summed E-state index contributed by atoms with van der Waals surface area (Å²) in [6, 6.07) is -0.879. The first kappa shape index (κ1) is 12.8. The number of morpholine rings is 1. The molecule has 0 aromatic carbocycles. The molecule has 1 aliphatic rings. The van der Waals surface area contributed by atoms with Gasteiger partial charge in [-0.25, -0.2) is 4.79 Å². The molecule has 1 saturated heterocycles. The SMILES string of the molecule is CCCCNC(=O)N1CCOCC1C(N)=O. The molecule has 3 N–H and O–H groups in total. The number of ether oxygens (including phenoxy) is 1. The van der Waals surface area contributed by atoms with Crippen molar-refractivity contribution in [3.8, 4) is 0 Å². The molecule has 1 rings (SSSR count). The Bertz CT molecular complexity index is 258. The fourth-order valence-electron chi connectivity index (χ4n) is 1.56. The van der Waals surface area contributed by atoms with Gasteiger partial charge in [0.2, 0.25) is 5.91 Å². The van der Waals surface area contributed by atoms with E-state index in [0.29, 0.717) is 19.7 Å². The number of nitrogens with zero attached hydrogens (tertiary/aromatic N) is 1. The molecule has 0 aromatic heterocycles. The first-order valence-corrected chi connectivity index (χ1v) is 5.58. The molecule has 0 spiro atoms. The van der Waals surface area contributed by atoms with Crippen LogP contribution in [0.2, 0.25) is 0 Å². The average Bonchev–Trinajstić information content (AvgIpc) is 2.29. The minimum atomic E-state index is -0.643. The first-order chi connectivity index (χ1) is 7.66. The smallest absolute Gasteiger partial charge is 0.318 e. The molecule has 1 fully saturated rings. The van der Waals surface area contributed by atoms with Crippen molar-refractivity contribution in [2.75, 3.05) is 26.3 Å². The van der Waals surface area contributed by atoms with Crippen molar-refractivity contribution < 1.29 is 14.3 Å². The summed E-state index contributed by atoms with van der Waals surface area (Å²) < 4.78 is 5.13. The highest BCUT2D eigenvalue weighted by molar-refractivity contribution is 5.86. The van der Waals surface area contributed by atoms with E-state index < -0.39 is 11.9 Å². The van der Waals surface area contributed by atoms with Crippen molar-refractivity contribution >= 4 is 11.9 Å². The van der Waals surface area contributed by atoms with Gasteiger partial charge in [0.05, 0.1) is 13.2 Å². The van der Waals surface area contributed by atoms with Gasteiger partial charge in [-0.2, -0.15) is 0 Å². The van der Waals surface area contributed by atoms with Gasteiger partial charge in [-0.15, -0.1) is 0 Å². The van der Waals surface area contributed by atoms with Crippen LogP contribution in [0.1, 0.15) is 19.8 Å². The largest absolute Gasteiger partial charge is 0.377 e. The maximum absolute atomic E-state index is 11.7. The number of amides is 3. The molecule has 0 aliphatic carbocycles. The molecule has 0 aromatic rings. The van der Waals surface area contributed by atoms with Gasteiger partial charge in [-0.05, 0) is 6.42 Å². The van der Waals surface area contributed by atoms with E-state index in [4.69, 9.17) is 10.5 Å². The predicted octanol–water partition coefficient (Wildman–Crippen LogP) is -0.318. The van der Waals surface area contributed by atoms with E-state index in [2.05, 4.69) is 5.32 Å². The Kier molecular flexibility index (Phi) is 5.04. The van der Waals surface area contributed by atoms with Gasteiger partial charge in [0.15, 0.2) is 0 Å². The van der Waals surface area contributed by atoms with Crippen LogP contribution in [0.5, 0.6) is 0 Å². The van der Waals surface area contributed by atoms with Crippen LogP contribution in [0.15, 0.2) is 0 Å². The molecule has 6 heteroatoms. The summed E-state index contributed by atoms with van der Waals surface area (Å²) in [6.45, 7) is 3.72. The lowest BCUT2D eigenvalue weighted by atomic mass is 10.2. The molecule has 1 atom stereocenters. The fourth-order valence-corrected chi connectivity index (χ4v) is 1.56. The lowest BCUT2D eigenvalue weighted by molar-refractivity contribution is -0.127. The van der Waals surface area contributed by atoms with Crippen molar-refractivity contribution in [3.05, 3.63) is 0 Å². The molecule has 3 amide bonds. The second-order valence-electron chi connectivity index (χ2n) is 3.77. The summed E-state index contributed by atoms with van der Waals surface area (Å²) >= 11 is 0. The van der Waals surface area contributed by atoms with Crippen LogP contribution in [0.25, 0.3) is 0 Å². The zero-order chi connectivity index (χ0) is 12.0. The third-order valence-electron chi connectivity index (χ3n) is 2.52. The summed E-state index contributed by atoms with van der Waals surface area (Å²) in [7, 11) is 0.